The summed E-state index contributed by atoms with van der Waals surface area (Å²) in [5.41, 5.74) is 4.78. The number of nitrogens with zero attached hydrogens (tertiary/aromatic N) is 1. The molecule has 4 rings (SSSR count). The quantitative estimate of drug-likeness (QED) is 0.134. The van der Waals surface area contributed by atoms with Gasteiger partial charge in [0.1, 0.15) is 12.4 Å². The summed E-state index contributed by atoms with van der Waals surface area (Å²) in [6, 6.07) is 23.2. The minimum atomic E-state index is -0.364. The maximum Gasteiger partial charge on any atom is 0.271 e. The zero-order chi connectivity index (χ0) is 26.9. The molecule has 0 fully saturated rings. The van der Waals surface area contributed by atoms with Crippen LogP contribution in [0.1, 0.15) is 41.8 Å². The lowest BCUT2D eigenvalue weighted by molar-refractivity contribution is 0.0954. The van der Waals surface area contributed by atoms with Crippen LogP contribution >= 0.6 is 31.9 Å². The molecule has 0 saturated carbocycles. The molecule has 4 aromatic rings. The fraction of sp³-hybridized carbons (Fsp3) is 0.200. The summed E-state index contributed by atoms with van der Waals surface area (Å²) in [5, 5.41) is 6.49. The van der Waals surface area contributed by atoms with Gasteiger partial charge in [-0.25, -0.2) is 5.43 Å². The summed E-state index contributed by atoms with van der Waals surface area (Å²) in [4.78, 5) is 12.8. The minimum absolute atomic E-state index is 0.364. The van der Waals surface area contributed by atoms with Crippen molar-refractivity contribution in [3.8, 4) is 17.2 Å². The maximum atomic E-state index is 12.8. The van der Waals surface area contributed by atoms with Crippen LogP contribution in [0.2, 0.25) is 0 Å². The summed E-state index contributed by atoms with van der Waals surface area (Å²) in [5.74, 6) is 1.39. The van der Waals surface area contributed by atoms with Crippen LogP contribution in [0.4, 0.5) is 0 Å². The Kier molecular flexibility index (Phi) is 9.79. The molecule has 0 bridgehead atoms. The van der Waals surface area contributed by atoms with Gasteiger partial charge in [0.05, 0.1) is 23.9 Å². The normalized spacial score (nSPS) is 11.1. The van der Waals surface area contributed by atoms with E-state index in [-0.39, 0.29) is 5.91 Å². The first-order valence-electron chi connectivity index (χ1n) is 12.3. The Balaban J connectivity index is 1.50. The van der Waals surface area contributed by atoms with Crippen molar-refractivity contribution in [2.75, 3.05) is 13.2 Å². The molecule has 0 aliphatic rings. The van der Waals surface area contributed by atoms with Crippen molar-refractivity contribution >= 4 is 54.8 Å². The Hall–Kier alpha value is -3.36. The lowest BCUT2D eigenvalue weighted by Gasteiger charge is -2.14. The number of halogens is 2. The Labute approximate surface area is 239 Å². The van der Waals surface area contributed by atoms with Crippen LogP contribution in [-0.2, 0) is 6.61 Å². The lowest BCUT2D eigenvalue weighted by atomic mass is 10.1. The molecule has 1 N–H and O–H groups in total. The summed E-state index contributed by atoms with van der Waals surface area (Å²) < 4.78 is 19.2. The third-order valence-corrected chi connectivity index (χ3v) is 6.67. The predicted octanol–water partition coefficient (Wildman–Crippen LogP) is 7.90. The highest BCUT2D eigenvalue weighted by atomic mass is 79.9. The highest BCUT2D eigenvalue weighted by Crippen LogP contribution is 2.33. The molecule has 0 saturated heterocycles. The van der Waals surface area contributed by atoms with Gasteiger partial charge in [-0.05, 0) is 75.9 Å². The molecular weight excluding hydrogens is 612 g/mol. The van der Waals surface area contributed by atoms with Gasteiger partial charge >= 0.3 is 0 Å². The zero-order valence-electron chi connectivity index (χ0n) is 21.2. The first-order chi connectivity index (χ1) is 18.5. The van der Waals surface area contributed by atoms with Crippen molar-refractivity contribution in [1.82, 2.24) is 5.43 Å². The number of carbonyl (C=O) groups excluding carboxylic acids is 1. The molecule has 196 valence electrons. The van der Waals surface area contributed by atoms with E-state index in [2.05, 4.69) is 66.7 Å². The van der Waals surface area contributed by atoms with E-state index in [9.17, 15) is 4.79 Å². The van der Waals surface area contributed by atoms with Crippen molar-refractivity contribution in [2.45, 2.75) is 26.9 Å². The van der Waals surface area contributed by atoms with Gasteiger partial charge in [-0.1, -0.05) is 65.3 Å². The molecule has 0 spiro atoms. The molecule has 0 unspecified atom stereocenters. The highest BCUT2D eigenvalue weighted by molar-refractivity contribution is 9.11. The third-order valence-electron chi connectivity index (χ3n) is 5.63. The monoisotopic (exact) mass is 638 g/mol. The van der Waals surface area contributed by atoms with E-state index < -0.39 is 0 Å². The van der Waals surface area contributed by atoms with Gasteiger partial charge in [0.15, 0.2) is 11.5 Å². The van der Waals surface area contributed by atoms with Crippen molar-refractivity contribution in [1.29, 1.82) is 0 Å². The summed E-state index contributed by atoms with van der Waals surface area (Å²) in [6.45, 7) is 5.33. The van der Waals surface area contributed by atoms with Crippen LogP contribution < -0.4 is 19.6 Å². The predicted molar refractivity (Wildman–Crippen MR) is 159 cm³/mol. The standard InChI is InChI=1S/C30H28Br2N2O4/c1-3-14-37-27-13-12-21(16-28(27)36-4-2)30(35)34-33-18-23-15-24(31)17-26(32)29(23)38-19-22-10-7-9-20-8-5-6-11-25(20)22/h5-13,15-18H,3-4,14,19H2,1-2H3,(H,34,35)/b33-18+. The van der Waals surface area contributed by atoms with Crippen LogP contribution in [0, 0.1) is 0 Å². The average Bonchev–Trinajstić information content (AvgIpc) is 2.92. The lowest BCUT2D eigenvalue weighted by Crippen LogP contribution is -2.18. The number of fused-ring (bicyclic) bond motifs is 1. The SMILES string of the molecule is CCCOc1ccc(C(=O)N/N=C/c2cc(Br)cc(Br)c2OCc2cccc3ccccc23)cc1OCC. The number of rotatable bonds is 11. The Bertz CT molecular complexity index is 1450. The van der Waals surface area contributed by atoms with Crippen LogP contribution in [0.25, 0.3) is 10.8 Å². The van der Waals surface area contributed by atoms with Gasteiger partial charge in [0.25, 0.3) is 5.91 Å². The molecule has 0 radical (unpaired) electrons. The van der Waals surface area contributed by atoms with Crippen LogP contribution in [0.15, 0.2) is 86.8 Å². The van der Waals surface area contributed by atoms with E-state index >= 15 is 0 Å². The van der Waals surface area contributed by atoms with Gasteiger partial charge < -0.3 is 14.2 Å². The summed E-state index contributed by atoms with van der Waals surface area (Å²) >= 11 is 7.12. The number of amides is 1. The topological polar surface area (TPSA) is 69.2 Å². The van der Waals surface area contributed by atoms with Crippen molar-refractivity contribution in [3.05, 3.63) is 98.4 Å². The molecule has 1 amide bonds. The van der Waals surface area contributed by atoms with Gasteiger partial charge in [0, 0.05) is 15.6 Å². The van der Waals surface area contributed by atoms with Gasteiger partial charge in [-0.15, -0.1) is 0 Å². The molecule has 8 heteroatoms. The van der Waals surface area contributed by atoms with Gasteiger partial charge in [-0.2, -0.15) is 5.10 Å². The van der Waals surface area contributed by atoms with Crippen molar-refractivity contribution < 1.29 is 19.0 Å². The number of hydrazone groups is 1. The molecule has 0 atom stereocenters. The molecular formula is C30H28Br2N2O4. The maximum absolute atomic E-state index is 12.8. The van der Waals surface area contributed by atoms with Crippen molar-refractivity contribution in [2.24, 2.45) is 5.10 Å². The van der Waals surface area contributed by atoms with Gasteiger partial charge in [-0.3, -0.25) is 4.79 Å². The molecule has 0 aliphatic carbocycles. The van der Waals surface area contributed by atoms with Crippen LogP contribution in [0.3, 0.4) is 0 Å². The smallest absolute Gasteiger partial charge is 0.271 e. The minimum Gasteiger partial charge on any atom is -0.490 e. The van der Waals surface area contributed by atoms with E-state index in [1.54, 1.807) is 24.4 Å². The van der Waals surface area contributed by atoms with E-state index in [1.807, 2.05) is 44.2 Å². The second kappa shape index (κ2) is 13.4. The molecule has 4 aromatic carbocycles. The largest absolute Gasteiger partial charge is 0.490 e. The Morgan fingerprint density at radius 2 is 1.74 bits per heavy atom. The fourth-order valence-corrected chi connectivity index (χ4v) is 5.24. The fourth-order valence-electron chi connectivity index (χ4n) is 3.87. The van der Waals surface area contributed by atoms with Crippen LogP contribution in [0.5, 0.6) is 17.2 Å². The number of nitrogens with one attached hydrogen (secondary N) is 1. The Morgan fingerprint density at radius 3 is 2.55 bits per heavy atom. The van der Waals surface area contributed by atoms with E-state index in [0.717, 1.165) is 31.7 Å². The van der Waals surface area contributed by atoms with E-state index in [4.69, 9.17) is 14.2 Å². The molecule has 6 nitrogen and oxygen atoms in total. The van der Waals surface area contributed by atoms with E-state index in [1.165, 1.54) is 0 Å². The number of hydrogen-bond acceptors (Lipinski definition) is 5. The summed E-state index contributed by atoms with van der Waals surface area (Å²) in [7, 11) is 0. The second-order valence-corrected chi connectivity index (χ2v) is 10.1. The highest BCUT2D eigenvalue weighted by Gasteiger charge is 2.13. The third kappa shape index (κ3) is 6.94. The Morgan fingerprint density at radius 1 is 0.921 bits per heavy atom. The molecule has 38 heavy (non-hydrogen) atoms. The number of ether oxygens (including phenoxy) is 3. The van der Waals surface area contributed by atoms with Crippen molar-refractivity contribution in [3.63, 3.8) is 0 Å². The molecule has 0 aromatic heterocycles. The first kappa shape index (κ1) is 27.7. The van der Waals surface area contributed by atoms with Gasteiger partial charge in [0.2, 0.25) is 0 Å². The first-order valence-corrected chi connectivity index (χ1v) is 13.9. The average molecular weight is 640 g/mol. The number of hydrogen-bond donors (Lipinski definition) is 1. The van der Waals surface area contributed by atoms with E-state index in [0.29, 0.717) is 48.2 Å². The summed E-state index contributed by atoms with van der Waals surface area (Å²) in [6.07, 6.45) is 2.44. The molecule has 0 heterocycles. The zero-order valence-corrected chi connectivity index (χ0v) is 24.3. The number of carbonyl (C=O) groups is 1. The second-order valence-electron chi connectivity index (χ2n) is 8.38. The molecule has 0 aliphatic heterocycles. The number of benzene rings is 4. The van der Waals surface area contributed by atoms with Crippen LogP contribution in [-0.4, -0.2) is 25.3 Å².